The smallest absolute Gasteiger partial charge is 0.121 e. The minimum absolute atomic E-state index is 0.425. The van der Waals surface area contributed by atoms with E-state index in [1.54, 1.807) is 0 Å². The molecule has 0 aliphatic rings. The van der Waals surface area contributed by atoms with Crippen molar-refractivity contribution in [2.45, 2.75) is 53.2 Å². The largest absolute Gasteiger partial charge is 0.341 e. The molecule has 0 fully saturated rings. The first-order valence-electron chi connectivity index (χ1n) is 8.20. The summed E-state index contributed by atoms with van der Waals surface area (Å²) in [5.74, 6) is 2.07. The molecule has 5 heteroatoms. The van der Waals surface area contributed by atoms with E-state index in [9.17, 15) is 0 Å². The van der Waals surface area contributed by atoms with Crippen molar-refractivity contribution in [3.05, 3.63) is 47.3 Å². The molecule has 0 aliphatic heterocycles. The van der Waals surface area contributed by atoms with Crippen LogP contribution in [0.25, 0.3) is 11.0 Å². The van der Waals surface area contributed by atoms with Crippen molar-refractivity contribution in [2.75, 3.05) is 0 Å². The van der Waals surface area contributed by atoms with Crippen molar-refractivity contribution in [2.24, 2.45) is 0 Å². The second kappa shape index (κ2) is 6.54. The fourth-order valence-corrected chi connectivity index (χ4v) is 2.75. The predicted octanol–water partition coefficient (Wildman–Crippen LogP) is 3.25. The van der Waals surface area contributed by atoms with E-state index in [4.69, 9.17) is 0 Å². The Morgan fingerprint density at radius 1 is 1.22 bits per heavy atom. The molecule has 2 aromatic heterocycles. The van der Waals surface area contributed by atoms with Gasteiger partial charge in [-0.25, -0.2) is 9.97 Å². The van der Waals surface area contributed by atoms with Crippen LogP contribution in [0.4, 0.5) is 0 Å². The van der Waals surface area contributed by atoms with E-state index in [0.29, 0.717) is 6.04 Å². The number of hydrogen-bond acceptors (Lipinski definition) is 3. The molecule has 1 atom stereocenters. The number of aryl methyl sites for hydroxylation is 4. The van der Waals surface area contributed by atoms with Crippen LogP contribution in [-0.2, 0) is 13.1 Å². The minimum atomic E-state index is 0.425. The Hall–Kier alpha value is -2.14. The Morgan fingerprint density at radius 2 is 2.00 bits per heavy atom. The third-order valence-corrected chi connectivity index (χ3v) is 4.49. The monoisotopic (exact) mass is 311 g/mol. The van der Waals surface area contributed by atoms with Crippen LogP contribution in [0.3, 0.4) is 0 Å². The van der Waals surface area contributed by atoms with Crippen molar-refractivity contribution in [3.63, 3.8) is 0 Å². The number of H-pyrrole nitrogens is 1. The molecule has 0 amide bonds. The number of benzene rings is 1. The summed E-state index contributed by atoms with van der Waals surface area (Å²) in [6.45, 7) is 10.3. The van der Waals surface area contributed by atoms with E-state index in [1.807, 2.05) is 19.3 Å². The second-order valence-electron chi connectivity index (χ2n) is 6.38. The van der Waals surface area contributed by atoms with Gasteiger partial charge in [0.1, 0.15) is 11.6 Å². The third kappa shape index (κ3) is 3.62. The first-order chi connectivity index (χ1) is 11.0. The van der Waals surface area contributed by atoms with Crippen molar-refractivity contribution < 1.29 is 0 Å². The summed E-state index contributed by atoms with van der Waals surface area (Å²) in [6.07, 6.45) is 4.95. The fraction of sp³-hybridized carbons (Fsp3) is 0.444. The molecular formula is C18H25N5. The van der Waals surface area contributed by atoms with Gasteiger partial charge >= 0.3 is 0 Å². The van der Waals surface area contributed by atoms with Gasteiger partial charge in [-0.15, -0.1) is 0 Å². The van der Waals surface area contributed by atoms with Gasteiger partial charge < -0.3 is 14.9 Å². The number of hydrogen-bond donors (Lipinski definition) is 2. The Kier molecular flexibility index (Phi) is 4.48. The average molecular weight is 311 g/mol. The van der Waals surface area contributed by atoms with Gasteiger partial charge in [-0.05, 0) is 57.4 Å². The van der Waals surface area contributed by atoms with E-state index >= 15 is 0 Å². The maximum atomic E-state index is 4.68. The molecule has 5 nitrogen and oxygen atoms in total. The zero-order valence-corrected chi connectivity index (χ0v) is 14.3. The van der Waals surface area contributed by atoms with E-state index in [1.165, 1.54) is 11.1 Å². The Labute approximate surface area is 137 Å². The summed E-state index contributed by atoms with van der Waals surface area (Å²) in [6, 6.07) is 4.75. The van der Waals surface area contributed by atoms with Gasteiger partial charge in [0.15, 0.2) is 0 Å². The van der Waals surface area contributed by atoms with E-state index in [2.05, 4.69) is 57.7 Å². The van der Waals surface area contributed by atoms with Gasteiger partial charge in [-0.3, -0.25) is 0 Å². The van der Waals surface area contributed by atoms with Crippen molar-refractivity contribution in [1.29, 1.82) is 0 Å². The number of nitrogens with zero attached hydrogens (tertiary/aromatic N) is 3. The maximum absolute atomic E-state index is 4.68. The van der Waals surface area contributed by atoms with Gasteiger partial charge in [0, 0.05) is 25.0 Å². The first-order valence-corrected chi connectivity index (χ1v) is 8.20. The highest BCUT2D eigenvalue weighted by atomic mass is 15.1. The van der Waals surface area contributed by atoms with Crippen LogP contribution in [0.2, 0.25) is 0 Å². The van der Waals surface area contributed by atoms with Crippen LogP contribution in [0.1, 0.15) is 36.1 Å². The zero-order valence-electron chi connectivity index (χ0n) is 14.3. The van der Waals surface area contributed by atoms with E-state index in [0.717, 1.165) is 42.2 Å². The highest BCUT2D eigenvalue weighted by Crippen LogP contribution is 2.17. The quantitative estimate of drug-likeness (QED) is 0.734. The molecule has 0 saturated carbocycles. The molecular weight excluding hydrogens is 286 g/mol. The number of rotatable bonds is 6. The zero-order chi connectivity index (χ0) is 16.4. The molecule has 3 aromatic rings. The fourth-order valence-electron chi connectivity index (χ4n) is 2.75. The van der Waals surface area contributed by atoms with Gasteiger partial charge in [0.25, 0.3) is 0 Å². The number of imidazole rings is 2. The lowest BCUT2D eigenvalue weighted by atomic mass is 10.1. The maximum Gasteiger partial charge on any atom is 0.121 e. The summed E-state index contributed by atoms with van der Waals surface area (Å²) in [5.41, 5.74) is 4.75. The molecule has 1 unspecified atom stereocenters. The van der Waals surface area contributed by atoms with Crippen LogP contribution in [0.15, 0.2) is 24.5 Å². The van der Waals surface area contributed by atoms with Crippen molar-refractivity contribution in [3.8, 4) is 0 Å². The van der Waals surface area contributed by atoms with Gasteiger partial charge in [0.05, 0.1) is 17.6 Å². The molecule has 2 N–H and O–H groups in total. The lowest BCUT2D eigenvalue weighted by molar-refractivity contribution is 0.467. The topological polar surface area (TPSA) is 58.5 Å². The van der Waals surface area contributed by atoms with Crippen LogP contribution >= 0.6 is 0 Å². The lowest BCUT2D eigenvalue weighted by Gasteiger charge is -2.13. The van der Waals surface area contributed by atoms with Crippen LogP contribution in [0.5, 0.6) is 0 Å². The number of aromatic nitrogens is 4. The highest BCUT2D eigenvalue weighted by Gasteiger charge is 2.07. The summed E-state index contributed by atoms with van der Waals surface area (Å²) in [7, 11) is 0. The molecule has 2 heterocycles. The Morgan fingerprint density at radius 3 is 2.74 bits per heavy atom. The van der Waals surface area contributed by atoms with E-state index < -0.39 is 0 Å². The standard InChI is InChI=1S/C18H25N5/c1-12-9-16-17(10-13(12)2)22-18(21-16)11-20-14(3)5-7-23-8-6-19-15(23)4/h6,8-10,14,20H,5,7,11H2,1-4H3,(H,21,22). The SMILES string of the molecule is Cc1cc2nc(CNC(C)CCn3ccnc3C)[nH]c2cc1C. The molecule has 1 aromatic carbocycles. The summed E-state index contributed by atoms with van der Waals surface area (Å²) in [4.78, 5) is 12.3. The highest BCUT2D eigenvalue weighted by molar-refractivity contribution is 5.77. The molecule has 0 spiro atoms. The summed E-state index contributed by atoms with van der Waals surface area (Å²) >= 11 is 0. The number of nitrogens with one attached hydrogen (secondary N) is 2. The molecule has 122 valence electrons. The minimum Gasteiger partial charge on any atom is -0.341 e. The summed E-state index contributed by atoms with van der Waals surface area (Å²) < 4.78 is 2.19. The van der Waals surface area contributed by atoms with E-state index in [-0.39, 0.29) is 0 Å². The molecule has 0 radical (unpaired) electrons. The number of fused-ring (bicyclic) bond motifs is 1. The Bertz CT molecular complexity index is 760. The molecule has 0 aliphatic carbocycles. The molecule has 0 bridgehead atoms. The Balaban J connectivity index is 1.56. The third-order valence-electron chi connectivity index (χ3n) is 4.49. The van der Waals surface area contributed by atoms with Gasteiger partial charge in [0.2, 0.25) is 0 Å². The van der Waals surface area contributed by atoms with Crippen LogP contribution < -0.4 is 5.32 Å². The number of aromatic amines is 1. The molecule has 3 rings (SSSR count). The predicted molar refractivity (Wildman–Crippen MR) is 93.5 cm³/mol. The first kappa shape index (κ1) is 15.7. The van der Waals surface area contributed by atoms with Gasteiger partial charge in [-0.2, -0.15) is 0 Å². The normalized spacial score (nSPS) is 12.9. The second-order valence-corrected chi connectivity index (χ2v) is 6.38. The van der Waals surface area contributed by atoms with Crippen molar-refractivity contribution in [1.82, 2.24) is 24.8 Å². The van der Waals surface area contributed by atoms with Crippen molar-refractivity contribution >= 4 is 11.0 Å². The average Bonchev–Trinajstić information content (AvgIpc) is 3.09. The van der Waals surface area contributed by atoms with Crippen LogP contribution in [0, 0.1) is 20.8 Å². The molecule has 23 heavy (non-hydrogen) atoms. The summed E-state index contributed by atoms with van der Waals surface area (Å²) in [5, 5.41) is 3.54. The lowest BCUT2D eigenvalue weighted by Crippen LogP contribution is -2.27. The molecule has 0 saturated heterocycles. The van der Waals surface area contributed by atoms with Gasteiger partial charge in [-0.1, -0.05) is 0 Å². The van der Waals surface area contributed by atoms with Crippen LogP contribution in [-0.4, -0.2) is 25.6 Å².